The monoisotopic (exact) mass is 267 g/mol. The van der Waals surface area contributed by atoms with E-state index < -0.39 is 5.97 Å². The van der Waals surface area contributed by atoms with Gasteiger partial charge in [0.2, 0.25) is 0 Å². The fourth-order valence-corrected chi connectivity index (χ4v) is 2.31. The van der Waals surface area contributed by atoms with Crippen LogP contribution in [0.5, 0.6) is 0 Å². The summed E-state index contributed by atoms with van der Waals surface area (Å²) in [6, 6.07) is 10.6. The van der Waals surface area contributed by atoms with E-state index in [0.29, 0.717) is 16.7 Å². The fraction of sp³-hybridized carbons (Fsp3) is 0.133. The van der Waals surface area contributed by atoms with E-state index in [4.69, 9.17) is 0 Å². The lowest BCUT2D eigenvalue weighted by Crippen LogP contribution is -2.03. The van der Waals surface area contributed by atoms with Gasteiger partial charge in [-0.1, -0.05) is 6.07 Å². The highest BCUT2D eigenvalue weighted by Gasteiger charge is 2.11. The van der Waals surface area contributed by atoms with Gasteiger partial charge in [-0.15, -0.1) is 0 Å². The molecule has 3 rings (SSSR count). The lowest BCUT2D eigenvalue weighted by molar-refractivity contribution is 0.0699. The Morgan fingerprint density at radius 2 is 2.00 bits per heavy atom. The van der Waals surface area contributed by atoms with Crippen LogP contribution in [-0.2, 0) is 0 Å². The smallest absolute Gasteiger partial charge is 0.336 e. The third-order valence-corrected chi connectivity index (χ3v) is 3.17. The van der Waals surface area contributed by atoms with Crippen molar-refractivity contribution in [3.63, 3.8) is 0 Å². The summed E-state index contributed by atoms with van der Waals surface area (Å²) < 4.78 is 1.75. The maximum absolute atomic E-state index is 11.2. The Morgan fingerprint density at radius 3 is 2.65 bits per heavy atom. The first-order valence-corrected chi connectivity index (χ1v) is 6.23. The number of hydrogen-bond donors (Lipinski definition) is 1. The number of carbonyl (C=O) groups is 1. The van der Waals surface area contributed by atoms with Gasteiger partial charge in [-0.2, -0.15) is 5.10 Å². The molecule has 20 heavy (non-hydrogen) atoms. The maximum Gasteiger partial charge on any atom is 0.336 e. The molecule has 0 bridgehead atoms. The van der Waals surface area contributed by atoms with Crippen molar-refractivity contribution in [2.75, 3.05) is 0 Å². The Kier molecular flexibility index (Phi) is 2.75. The molecule has 0 unspecified atom stereocenters. The summed E-state index contributed by atoms with van der Waals surface area (Å²) in [5.74, 6) is -0.262. The SMILES string of the molecule is Cc1cc(C)n(-c2ccc3c(C(=O)O)cccc3n2)n1. The standard InChI is InChI=1S/C15H13N3O2/c1-9-8-10(2)18(17-9)14-7-6-11-12(15(19)20)4-3-5-13(11)16-14/h3-8H,1-2H3,(H,19,20). The molecule has 2 aromatic heterocycles. The lowest BCUT2D eigenvalue weighted by Gasteiger charge is -2.06. The van der Waals surface area contributed by atoms with E-state index in [1.54, 1.807) is 35.0 Å². The van der Waals surface area contributed by atoms with Gasteiger partial charge in [0, 0.05) is 11.1 Å². The molecule has 2 heterocycles. The molecule has 0 fully saturated rings. The van der Waals surface area contributed by atoms with Crippen LogP contribution in [0.1, 0.15) is 21.7 Å². The summed E-state index contributed by atoms with van der Waals surface area (Å²) in [5.41, 5.74) is 2.82. The summed E-state index contributed by atoms with van der Waals surface area (Å²) in [4.78, 5) is 15.7. The molecule has 0 aliphatic rings. The van der Waals surface area contributed by atoms with Crippen LogP contribution in [0.2, 0.25) is 0 Å². The summed E-state index contributed by atoms with van der Waals surface area (Å²) in [6.45, 7) is 3.88. The second kappa shape index (κ2) is 4.45. The molecule has 0 atom stereocenters. The van der Waals surface area contributed by atoms with Crippen LogP contribution in [0.4, 0.5) is 0 Å². The Hall–Kier alpha value is -2.69. The maximum atomic E-state index is 11.2. The third-order valence-electron chi connectivity index (χ3n) is 3.17. The zero-order chi connectivity index (χ0) is 14.3. The number of aromatic nitrogens is 3. The number of aromatic carboxylic acids is 1. The Balaban J connectivity index is 2.22. The molecule has 0 saturated carbocycles. The average molecular weight is 267 g/mol. The zero-order valence-corrected chi connectivity index (χ0v) is 11.2. The highest BCUT2D eigenvalue weighted by Crippen LogP contribution is 2.20. The van der Waals surface area contributed by atoms with Crippen LogP contribution in [0.3, 0.4) is 0 Å². The van der Waals surface area contributed by atoms with Crippen molar-refractivity contribution in [3.05, 3.63) is 53.3 Å². The van der Waals surface area contributed by atoms with Gasteiger partial charge in [-0.3, -0.25) is 0 Å². The van der Waals surface area contributed by atoms with Gasteiger partial charge in [-0.05, 0) is 44.2 Å². The van der Waals surface area contributed by atoms with Crippen LogP contribution < -0.4 is 0 Å². The second-order valence-corrected chi connectivity index (χ2v) is 4.69. The van der Waals surface area contributed by atoms with E-state index in [0.717, 1.165) is 11.4 Å². The molecular weight excluding hydrogens is 254 g/mol. The molecule has 0 amide bonds. The molecule has 0 saturated heterocycles. The van der Waals surface area contributed by atoms with E-state index in [1.807, 2.05) is 19.9 Å². The molecule has 1 N–H and O–H groups in total. The molecule has 3 aromatic rings. The lowest BCUT2D eigenvalue weighted by atomic mass is 10.1. The number of carboxylic acids is 1. The first-order valence-electron chi connectivity index (χ1n) is 6.23. The van der Waals surface area contributed by atoms with Gasteiger partial charge in [0.05, 0.1) is 16.8 Å². The number of pyridine rings is 1. The summed E-state index contributed by atoms with van der Waals surface area (Å²) >= 11 is 0. The van der Waals surface area contributed by atoms with E-state index >= 15 is 0 Å². The fourth-order valence-electron chi connectivity index (χ4n) is 2.31. The van der Waals surface area contributed by atoms with Crippen LogP contribution in [0.15, 0.2) is 36.4 Å². The zero-order valence-electron chi connectivity index (χ0n) is 11.2. The van der Waals surface area contributed by atoms with Gasteiger partial charge in [0.25, 0.3) is 0 Å². The third kappa shape index (κ3) is 1.93. The van der Waals surface area contributed by atoms with Crippen LogP contribution in [0, 0.1) is 13.8 Å². The minimum atomic E-state index is -0.948. The number of aryl methyl sites for hydroxylation is 2. The molecule has 5 heteroatoms. The van der Waals surface area contributed by atoms with Crippen LogP contribution in [-0.4, -0.2) is 25.8 Å². The minimum absolute atomic E-state index is 0.259. The molecule has 1 aromatic carbocycles. The number of benzene rings is 1. The molecule has 0 radical (unpaired) electrons. The van der Waals surface area contributed by atoms with Gasteiger partial charge < -0.3 is 5.11 Å². The second-order valence-electron chi connectivity index (χ2n) is 4.69. The van der Waals surface area contributed by atoms with Gasteiger partial charge >= 0.3 is 5.97 Å². The number of fused-ring (bicyclic) bond motifs is 1. The normalized spacial score (nSPS) is 10.9. The minimum Gasteiger partial charge on any atom is -0.478 e. The van der Waals surface area contributed by atoms with E-state index in [1.165, 1.54) is 0 Å². The number of carboxylic acid groups (broad SMARTS) is 1. The van der Waals surface area contributed by atoms with Crippen molar-refractivity contribution in [2.24, 2.45) is 0 Å². The Bertz CT molecular complexity index is 821. The number of hydrogen-bond acceptors (Lipinski definition) is 3. The van der Waals surface area contributed by atoms with Crippen molar-refractivity contribution in [3.8, 4) is 5.82 Å². The summed E-state index contributed by atoms with van der Waals surface area (Å²) in [6.07, 6.45) is 0. The molecule has 100 valence electrons. The van der Waals surface area contributed by atoms with Crippen molar-refractivity contribution in [2.45, 2.75) is 13.8 Å². The summed E-state index contributed by atoms with van der Waals surface area (Å²) in [5, 5.41) is 14.2. The Morgan fingerprint density at radius 1 is 1.20 bits per heavy atom. The van der Waals surface area contributed by atoms with Crippen molar-refractivity contribution >= 4 is 16.9 Å². The van der Waals surface area contributed by atoms with Crippen molar-refractivity contribution < 1.29 is 9.90 Å². The van der Waals surface area contributed by atoms with Crippen LogP contribution in [0.25, 0.3) is 16.7 Å². The topological polar surface area (TPSA) is 68.0 Å². The molecular formula is C15H13N3O2. The molecule has 5 nitrogen and oxygen atoms in total. The number of rotatable bonds is 2. The number of nitrogens with zero attached hydrogens (tertiary/aromatic N) is 3. The largest absolute Gasteiger partial charge is 0.478 e. The van der Waals surface area contributed by atoms with Crippen molar-refractivity contribution in [1.29, 1.82) is 0 Å². The quantitative estimate of drug-likeness (QED) is 0.775. The first-order chi connectivity index (χ1) is 9.56. The molecule has 0 aliphatic carbocycles. The van der Waals surface area contributed by atoms with Crippen molar-refractivity contribution in [1.82, 2.24) is 14.8 Å². The first kappa shape index (κ1) is 12.3. The van der Waals surface area contributed by atoms with Gasteiger partial charge in [-0.25, -0.2) is 14.5 Å². The van der Waals surface area contributed by atoms with Gasteiger partial charge in [0.15, 0.2) is 5.82 Å². The molecule has 0 aliphatic heterocycles. The summed E-state index contributed by atoms with van der Waals surface area (Å²) in [7, 11) is 0. The average Bonchev–Trinajstić information content (AvgIpc) is 2.76. The highest BCUT2D eigenvalue weighted by atomic mass is 16.4. The predicted octanol–water partition coefficient (Wildman–Crippen LogP) is 2.74. The highest BCUT2D eigenvalue weighted by molar-refractivity contribution is 6.02. The molecule has 0 spiro atoms. The van der Waals surface area contributed by atoms with Gasteiger partial charge in [0.1, 0.15) is 0 Å². The van der Waals surface area contributed by atoms with E-state index in [9.17, 15) is 9.90 Å². The van der Waals surface area contributed by atoms with E-state index in [-0.39, 0.29) is 5.56 Å². The Labute approximate surface area is 115 Å². The predicted molar refractivity (Wildman–Crippen MR) is 75.3 cm³/mol. The van der Waals surface area contributed by atoms with E-state index in [2.05, 4.69) is 10.1 Å². The van der Waals surface area contributed by atoms with Crippen LogP contribution >= 0.6 is 0 Å².